The van der Waals surface area contributed by atoms with Crippen molar-refractivity contribution in [2.45, 2.75) is 19.3 Å². The number of nitrogens with zero attached hydrogens (tertiary/aromatic N) is 3. The number of hydrogen-bond donors (Lipinski definition) is 0. The summed E-state index contributed by atoms with van der Waals surface area (Å²) < 4.78 is 6.58. The number of furan rings is 1. The maximum absolute atomic E-state index is 6.58. The Kier molecular flexibility index (Phi) is 8.80. The predicted octanol–water partition coefficient (Wildman–Crippen LogP) is 15.7. The van der Waals surface area contributed by atoms with Gasteiger partial charge in [-0.3, -0.25) is 0 Å². The van der Waals surface area contributed by atoms with Crippen molar-refractivity contribution in [2.24, 2.45) is 0 Å². The van der Waals surface area contributed by atoms with Crippen LogP contribution in [0.5, 0.6) is 0 Å². The SMILES string of the molecule is CC1(C)c2ccccc2-c2ccc(-c3cccc(-c4ccc5oc6cccc(-c7nc(-c8cccc(-c9ccccc9)c8)nc(-c8cccc(-c9ccccc9)c8)n7)c6c5c4)c3)cc21. The highest BCUT2D eigenvalue weighted by Gasteiger charge is 2.35. The fraction of sp³-hybridized carbons (Fsp3) is 0.0500. The molecule has 0 saturated carbocycles. The number of hydrogen-bond acceptors (Lipinski definition) is 4. The largest absolute Gasteiger partial charge is 0.456 e. The lowest BCUT2D eigenvalue weighted by Gasteiger charge is -2.22. The van der Waals surface area contributed by atoms with Gasteiger partial charge in [0.1, 0.15) is 11.2 Å². The molecule has 2 heterocycles. The number of benzene rings is 9. The predicted molar refractivity (Wildman–Crippen MR) is 263 cm³/mol. The Morgan fingerprint density at radius 3 is 1.42 bits per heavy atom. The van der Waals surface area contributed by atoms with E-state index in [1.54, 1.807) is 0 Å². The van der Waals surface area contributed by atoms with Crippen molar-refractivity contribution in [1.29, 1.82) is 0 Å². The molecule has 0 N–H and O–H groups in total. The van der Waals surface area contributed by atoms with Crippen molar-refractivity contribution in [3.05, 3.63) is 223 Å². The molecule has 0 radical (unpaired) electrons. The van der Waals surface area contributed by atoms with E-state index in [0.717, 1.165) is 72.0 Å². The molecular formula is C60H41N3O. The van der Waals surface area contributed by atoms with Gasteiger partial charge in [0.25, 0.3) is 0 Å². The van der Waals surface area contributed by atoms with Gasteiger partial charge in [-0.1, -0.05) is 184 Å². The molecule has 9 aromatic carbocycles. The second-order valence-corrected chi connectivity index (χ2v) is 17.2. The maximum Gasteiger partial charge on any atom is 0.164 e. The molecule has 0 saturated heterocycles. The third kappa shape index (κ3) is 6.42. The molecule has 64 heavy (non-hydrogen) atoms. The molecule has 12 rings (SSSR count). The maximum atomic E-state index is 6.58. The van der Waals surface area contributed by atoms with Gasteiger partial charge < -0.3 is 4.42 Å². The fourth-order valence-corrected chi connectivity index (χ4v) is 9.65. The van der Waals surface area contributed by atoms with Gasteiger partial charge in [-0.25, -0.2) is 15.0 Å². The summed E-state index contributed by atoms with van der Waals surface area (Å²) in [5, 5.41) is 1.97. The third-order valence-electron chi connectivity index (χ3n) is 12.9. The molecule has 0 aliphatic heterocycles. The van der Waals surface area contributed by atoms with Crippen molar-refractivity contribution >= 4 is 21.9 Å². The smallest absolute Gasteiger partial charge is 0.164 e. The highest BCUT2D eigenvalue weighted by atomic mass is 16.3. The third-order valence-corrected chi connectivity index (χ3v) is 12.9. The summed E-state index contributed by atoms with van der Waals surface area (Å²) in [5.41, 5.74) is 18.7. The molecule has 1 aliphatic rings. The average Bonchev–Trinajstić information content (AvgIpc) is 3.85. The van der Waals surface area contributed by atoms with Crippen molar-refractivity contribution in [2.75, 3.05) is 0 Å². The van der Waals surface area contributed by atoms with Crippen molar-refractivity contribution in [3.8, 4) is 89.8 Å². The standard InChI is InChI=1S/C60H41N3O/c1-60(2)52-27-10-9-25-48(52)49-31-29-45(37-53(49)60)43-22-11-21-42(33-43)44-30-32-54-51(36-44)56-50(26-14-28-55(56)64-54)59-62-57(46-23-12-19-40(34-46)38-15-5-3-6-16-38)61-58(63-59)47-24-13-20-41(35-47)39-17-7-4-8-18-39/h3-37H,1-2H3. The first kappa shape index (κ1) is 37.5. The van der Waals surface area contributed by atoms with Crippen LogP contribution in [0.1, 0.15) is 25.0 Å². The molecule has 11 aromatic rings. The van der Waals surface area contributed by atoms with Crippen molar-refractivity contribution < 1.29 is 4.42 Å². The van der Waals surface area contributed by atoms with E-state index in [4.69, 9.17) is 19.4 Å². The van der Waals surface area contributed by atoms with E-state index in [9.17, 15) is 0 Å². The average molecular weight is 820 g/mol. The summed E-state index contributed by atoms with van der Waals surface area (Å²) in [5.74, 6) is 1.78. The van der Waals surface area contributed by atoms with Gasteiger partial charge in [0.2, 0.25) is 0 Å². The second kappa shape index (κ2) is 15.0. The molecule has 302 valence electrons. The van der Waals surface area contributed by atoms with Crippen LogP contribution < -0.4 is 0 Å². The lowest BCUT2D eigenvalue weighted by molar-refractivity contribution is 0.660. The minimum Gasteiger partial charge on any atom is -0.456 e. The zero-order chi connectivity index (χ0) is 42.8. The summed E-state index contributed by atoms with van der Waals surface area (Å²) in [7, 11) is 0. The first-order valence-corrected chi connectivity index (χ1v) is 21.8. The molecule has 0 fully saturated rings. The highest BCUT2D eigenvalue weighted by Crippen LogP contribution is 2.50. The minimum absolute atomic E-state index is 0.0664. The van der Waals surface area contributed by atoms with Gasteiger partial charge in [-0.05, 0) is 109 Å². The van der Waals surface area contributed by atoms with E-state index in [1.807, 2.05) is 24.3 Å². The van der Waals surface area contributed by atoms with Crippen LogP contribution in [-0.2, 0) is 5.41 Å². The van der Waals surface area contributed by atoms with Crippen LogP contribution in [-0.4, -0.2) is 15.0 Å². The van der Waals surface area contributed by atoms with E-state index < -0.39 is 0 Å². The molecule has 0 atom stereocenters. The van der Waals surface area contributed by atoms with Gasteiger partial charge in [-0.15, -0.1) is 0 Å². The molecule has 4 heteroatoms. The van der Waals surface area contributed by atoms with Gasteiger partial charge in [0, 0.05) is 32.9 Å². The monoisotopic (exact) mass is 819 g/mol. The molecule has 2 aromatic heterocycles. The Bertz CT molecular complexity index is 3490. The van der Waals surface area contributed by atoms with Crippen LogP contribution in [0.4, 0.5) is 0 Å². The van der Waals surface area contributed by atoms with Crippen LogP contribution in [0.3, 0.4) is 0 Å². The van der Waals surface area contributed by atoms with Crippen LogP contribution in [0.25, 0.3) is 112 Å². The summed E-state index contributed by atoms with van der Waals surface area (Å²) in [6.07, 6.45) is 0. The Labute approximate surface area is 372 Å². The summed E-state index contributed by atoms with van der Waals surface area (Å²) in [6, 6.07) is 75.0. The Morgan fingerprint density at radius 2 is 0.766 bits per heavy atom. The Morgan fingerprint density at radius 1 is 0.312 bits per heavy atom. The zero-order valence-electron chi connectivity index (χ0n) is 35.5. The Balaban J connectivity index is 0.985. The van der Waals surface area contributed by atoms with E-state index in [2.05, 4.69) is 202 Å². The van der Waals surface area contributed by atoms with Crippen molar-refractivity contribution in [3.63, 3.8) is 0 Å². The quantitative estimate of drug-likeness (QED) is 0.161. The number of aromatic nitrogens is 3. The first-order valence-electron chi connectivity index (χ1n) is 21.8. The molecule has 1 aliphatic carbocycles. The zero-order valence-corrected chi connectivity index (χ0v) is 35.5. The highest BCUT2D eigenvalue weighted by molar-refractivity contribution is 6.13. The molecule has 0 bridgehead atoms. The number of fused-ring (bicyclic) bond motifs is 6. The molecular weight excluding hydrogens is 779 g/mol. The van der Waals surface area contributed by atoms with E-state index in [-0.39, 0.29) is 5.41 Å². The number of rotatable bonds is 7. The van der Waals surface area contributed by atoms with Crippen LogP contribution in [0.15, 0.2) is 217 Å². The summed E-state index contributed by atoms with van der Waals surface area (Å²) >= 11 is 0. The lowest BCUT2D eigenvalue weighted by Crippen LogP contribution is -2.14. The van der Waals surface area contributed by atoms with Crippen LogP contribution in [0.2, 0.25) is 0 Å². The van der Waals surface area contributed by atoms with Crippen LogP contribution in [0, 0.1) is 0 Å². The van der Waals surface area contributed by atoms with E-state index in [0.29, 0.717) is 17.5 Å². The second-order valence-electron chi connectivity index (χ2n) is 17.2. The topological polar surface area (TPSA) is 51.8 Å². The van der Waals surface area contributed by atoms with E-state index >= 15 is 0 Å². The van der Waals surface area contributed by atoms with Gasteiger partial charge in [0.05, 0.1) is 0 Å². The first-order chi connectivity index (χ1) is 31.4. The van der Waals surface area contributed by atoms with Crippen molar-refractivity contribution in [1.82, 2.24) is 15.0 Å². The Hall–Kier alpha value is -8.21. The van der Waals surface area contributed by atoms with Crippen LogP contribution >= 0.6 is 0 Å². The lowest BCUT2D eigenvalue weighted by atomic mass is 9.81. The molecule has 4 nitrogen and oxygen atoms in total. The minimum atomic E-state index is -0.0664. The fourth-order valence-electron chi connectivity index (χ4n) is 9.65. The molecule has 0 unspecified atom stereocenters. The van der Waals surface area contributed by atoms with Gasteiger partial charge >= 0.3 is 0 Å². The van der Waals surface area contributed by atoms with Gasteiger partial charge in [0.15, 0.2) is 17.5 Å². The normalized spacial score (nSPS) is 12.7. The summed E-state index contributed by atoms with van der Waals surface area (Å²) in [6.45, 7) is 4.67. The molecule has 0 amide bonds. The summed E-state index contributed by atoms with van der Waals surface area (Å²) in [4.78, 5) is 15.7. The van der Waals surface area contributed by atoms with E-state index in [1.165, 1.54) is 33.4 Å². The van der Waals surface area contributed by atoms with Gasteiger partial charge in [-0.2, -0.15) is 0 Å². The molecule has 0 spiro atoms.